The monoisotopic (exact) mass is 255 g/mol. The second-order valence-electron chi connectivity index (χ2n) is 4.01. The lowest BCUT2D eigenvalue weighted by Crippen LogP contribution is -2.13. The zero-order chi connectivity index (χ0) is 13.3. The summed E-state index contributed by atoms with van der Waals surface area (Å²) < 4.78 is 38.8. The first-order valence-electron chi connectivity index (χ1n) is 5.30. The van der Waals surface area contributed by atoms with Crippen LogP contribution in [0.3, 0.4) is 0 Å². The Morgan fingerprint density at radius 2 is 1.78 bits per heavy atom. The van der Waals surface area contributed by atoms with E-state index in [-0.39, 0.29) is 0 Å². The third-order valence-electron chi connectivity index (χ3n) is 2.65. The molecule has 6 heteroatoms. The van der Waals surface area contributed by atoms with Crippen molar-refractivity contribution in [2.75, 3.05) is 0 Å². The molecule has 0 radical (unpaired) electrons. The van der Waals surface area contributed by atoms with E-state index < -0.39 is 17.8 Å². The molecule has 0 aliphatic carbocycles. The molecule has 0 amide bonds. The van der Waals surface area contributed by atoms with Crippen molar-refractivity contribution in [1.82, 2.24) is 9.78 Å². The van der Waals surface area contributed by atoms with Crippen LogP contribution in [0.2, 0.25) is 0 Å². The molecule has 1 unspecified atom stereocenters. The van der Waals surface area contributed by atoms with Crippen molar-refractivity contribution in [1.29, 1.82) is 0 Å². The van der Waals surface area contributed by atoms with Crippen LogP contribution in [0.1, 0.15) is 22.9 Å². The van der Waals surface area contributed by atoms with Crippen molar-refractivity contribution in [3.05, 3.63) is 53.3 Å². The molecular weight excluding hydrogens is 243 g/mol. The first-order valence-corrected chi connectivity index (χ1v) is 5.30. The average Bonchev–Trinajstić information content (AvgIpc) is 2.74. The van der Waals surface area contributed by atoms with E-state index in [4.69, 9.17) is 5.73 Å². The fourth-order valence-corrected chi connectivity index (χ4v) is 1.65. The number of nitrogens with zero attached hydrogens (tertiary/aromatic N) is 2. The van der Waals surface area contributed by atoms with Gasteiger partial charge >= 0.3 is 6.18 Å². The highest BCUT2D eigenvalue weighted by molar-refractivity contribution is 5.30. The summed E-state index contributed by atoms with van der Waals surface area (Å²) in [5.74, 6) is 0. The van der Waals surface area contributed by atoms with Gasteiger partial charge in [-0.2, -0.15) is 18.3 Å². The second kappa shape index (κ2) is 4.45. The molecule has 0 spiro atoms. The van der Waals surface area contributed by atoms with E-state index in [0.29, 0.717) is 11.3 Å². The molecule has 1 aromatic carbocycles. The zero-order valence-electron chi connectivity index (χ0n) is 9.65. The van der Waals surface area contributed by atoms with Crippen molar-refractivity contribution in [2.45, 2.75) is 12.2 Å². The number of hydrogen-bond donors (Lipinski definition) is 1. The summed E-state index contributed by atoms with van der Waals surface area (Å²) in [6.45, 7) is 0. The lowest BCUT2D eigenvalue weighted by atomic mass is 10.0. The molecule has 0 saturated carbocycles. The van der Waals surface area contributed by atoms with Crippen molar-refractivity contribution in [3.8, 4) is 0 Å². The molecule has 1 heterocycles. The molecule has 1 atom stereocenters. The fraction of sp³-hybridized carbons (Fsp3) is 0.250. The Morgan fingerprint density at radius 1 is 1.17 bits per heavy atom. The molecule has 3 nitrogen and oxygen atoms in total. The SMILES string of the molecule is Cn1ccc(C(N)c2ccc(C(F)(F)F)cc2)n1. The second-order valence-corrected chi connectivity index (χ2v) is 4.01. The molecule has 96 valence electrons. The molecule has 1 aromatic heterocycles. The quantitative estimate of drug-likeness (QED) is 0.896. The molecule has 0 fully saturated rings. The number of rotatable bonds is 2. The van der Waals surface area contributed by atoms with E-state index >= 15 is 0 Å². The molecule has 0 bridgehead atoms. The van der Waals surface area contributed by atoms with Gasteiger partial charge in [-0.25, -0.2) is 0 Å². The van der Waals surface area contributed by atoms with Gasteiger partial charge in [-0.3, -0.25) is 4.68 Å². The van der Waals surface area contributed by atoms with Crippen molar-refractivity contribution >= 4 is 0 Å². The van der Waals surface area contributed by atoms with Crippen molar-refractivity contribution in [3.63, 3.8) is 0 Å². The first-order chi connectivity index (χ1) is 8.38. The van der Waals surface area contributed by atoms with Gasteiger partial charge in [-0.05, 0) is 23.8 Å². The van der Waals surface area contributed by atoms with Gasteiger partial charge in [0, 0.05) is 13.2 Å². The molecule has 2 N–H and O–H groups in total. The molecule has 0 aliphatic rings. The van der Waals surface area contributed by atoms with Crippen LogP contribution in [-0.2, 0) is 13.2 Å². The Morgan fingerprint density at radius 3 is 2.22 bits per heavy atom. The predicted molar refractivity (Wildman–Crippen MR) is 60.7 cm³/mol. The maximum absolute atomic E-state index is 12.4. The third kappa shape index (κ3) is 2.53. The van der Waals surface area contributed by atoms with Crippen molar-refractivity contribution in [2.24, 2.45) is 12.8 Å². The first kappa shape index (κ1) is 12.6. The van der Waals surface area contributed by atoms with Crippen LogP contribution in [0.25, 0.3) is 0 Å². The Kier molecular flexibility index (Phi) is 3.13. The molecule has 0 saturated heterocycles. The van der Waals surface area contributed by atoms with E-state index in [1.165, 1.54) is 12.1 Å². The van der Waals surface area contributed by atoms with Gasteiger partial charge in [-0.1, -0.05) is 12.1 Å². The largest absolute Gasteiger partial charge is 0.416 e. The van der Waals surface area contributed by atoms with Gasteiger partial charge in [-0.15, -0.1) is 0 Å². The summed E-state index contributed by atoms with van der Waals surface area (Å²) in [6.07, 6.45) is -2.59. The minimum absolute atomic E-state index is 0.520. The number of benzene rings is 1. The van der Waals surface area contributed by atoms with Crippen LogP contribution in [0, 0.1) is 0 Å². The molecular formula is C12H12F3N3. The maximum atomic E-state index is 12.4. The standard InChI is InChI=1S/C12H12F3N3/c1-18-7-6-10(17-18)11(16)8-2-4-9(5-3-8)12(13,14)15/h2-7,11H,16H2,1H3. The summed E-state index contributed by atoms with van der Waals surface area (Å²) in [5, 5.41) is 4.13. The van der Waals surface area contributed by atoms with Crippen LogP contribution in [-0.4, -0.2) is 9.78 Å². The molecule has 2 aromatic rings. The minimum Gasteiger partial charge on any atom is -0.319 e. The Balaban J connectivity index is 2.24. The van der Waals surface area contributed by atoms with Gasteiger partial charge in [0.15, 0.2) is 0 Å². The Bertz CT molecular complexity index is 528. The van der Waals surface area contributed by atoms with Gasteiger partial charge in [0.2, 0.25) is 0 Å². The number of alkyl halides is 3. The van der Waals surface area contributed by atoms with E-state index in [1.807, 2.05) is 0 Å². The Labute approximate surface area is 102 Å². The average molecular weight is 255 g/mol. The smallest absolute Gasteiger partial charge is 0.319 e. The van der Waals surface area contributed by atoms with Crippen LogP contribution in [0.15, 0.2) is 36.5 Å². The number of halogens is 3. The van der Waals surface area contributed by atoms with Crippen LogP contribution in [0.4, 0.5) is 13.2 Å². The fourth-order valence-electron chi connectivity index (χ4n) is 1.65. The van der Waals surface area contributed by atoms with Crippen molar-refractivity contribution < 1.29 is 13.2 Å². The third-order valence-corrected chi connectivity index (χ3v) is 2.65. The minimum atomic E-state index is -4.33. The highest BCUT2D eigenvalue weighted by Gasteiger charge is 2.30. The lowest BCUT2D eigenvalue weighted by molar-refractivity contribution is -0.137. The van der Waals surface area contributed by atoms with Gasteiger partial charge < -0.3 is 5.73 Å². The van der Waals surface area contributed by atoms with E-state index in [2.05, 4.69) is 5.10 Å². The summed E-state index contributed by atoms with van der Waals surface area (Å²) >= 11 is 0. The summed E-state index contributed by atoms with van der Waals surface area (Å²) in [6, 6.07) is 6.02. The summed E-state index contributed by atoms with van der Waals surface area (Å²) in [7, 11) is 1.75. The highest BCUT2D eigenvalue weighted by Crippen LogP contribution is 2.30. The van der Waals surface area contributed by atoms with Crippen LogP contribution in [0.5, 0.6) is 0 Å². The number of hydrogen-bond acceptors (Lipinski definition) is 2. The number of aryl methyl sites for hydroxylation is 1. The zero-order valence-corrected chi connectivity index (χ0v) is 9.65. The van der Waals surface area contributed by atoms with Crippen LogP contribution < -0.4 is 5.73 Å². The van der Waals surface area contributed by atoms with Gasteiger partial charge in [0.25, 0.3) is 0 Å². The predicted octanol–water partition coefficient (Wildman–Crippen LogP) is 2.49. The Hall–Kier alpha value is -1.82. The molecule has 2 rings (SSSR count). The van der Waals surface area contributed by atoms with E-state index in [1.54, 1.807) is 24.0 Å². The number of aromatic nitrogens is 2. The van der Waals surface area contributed by atoms with Gasteiger partial charge in [0.05, 0.1) is 17.3 Å². The van der Waals surface area contributed by atoms with E-state index in [9.17, 15) is 13.2 Å². The van der Waals surface area contributed by atoms with E-state index in [0.717, 1.165) is 12.1 Å². The summed E-state index contributed by atoms with van der Waals surface area (Å²) in [5.41, 5.74) is 6.47. The molecule has 18 heavy (non-hydrogen) atoms. The maximum Gasteiger partial charge on any atom is 0.416 e. The normalized spacial score (nSPS) is 13.6. The topological polar surface area (TPSA) is 43.8 Å². The highest BCUT2D eigenvalue weighted by atomic mass is 19.4. The summed E-state index contributed by atoms with van der Waals surface area (Å²) in [4.78, 5) is 0. The molecule has 0 aliphatic heterocycles. The number of nitrogens with two attached hydrogens (primary N) is 1. The van der Waals surface area contributed by atoms with Gasteiger partial charge in [0.1, 0.15) is 0 Å². The van der Waals surface area contributed by atoms with Crippen LogP contribution >= 0.6 is 0 Å². The lowest BCUT2D eigenvalue weighted by Gasteiger charge is -2.11.